The molecule has 0 atom stereocenters. The van der Waals surface area contributed by atoms with Gasteiger partial charge in [-0.1, -0.05) is 17.4 Å². The molecule has 2 aromatic carbocycles. The minimum atomic E-state index is -0.0961. The van der Waals surface area contributed by atoms with Crippen LogP contribution in [0.25, 0.3) is 10.2 Å². The summed E-state index contributed by atoms with van der Waals surface area (Å²) in [4.78, 5) is 22.3. The van der Waals surface area contributed by atoms with Crippen molar-refractivity contribution in [3.05, 3.63) is 58.7 Å². The number of thiazole rings is 1. The van der Waals surface area contributed by atoms with Crippen molar-refractivity contribution in [3.63, 3.8) is 0 Å². The predicted octanol–water partition coefficient (Wildman–Crippen LogP) is 3.76. The smallest absolute Gasteiger partial charge is 0.260 e. The zero-order valence-electron chi connectivity index (χ0n) is 17.2. The molecule has 154 valence electrons. The van der Waals surface area contributed by atoms with E-state index in [1.54, 1.807) is 40.5 Å². The van der Waals surface area contributed by atoms with Crippen LogP contribution in [-0.2, 0) is 4.74 Å². The Morgan fingerprint density at radius 1 is 1.23 bits per heavy atom. The van der Waals surface area contributed by atoms with E-state index in [-0.39, 0.29) is 5.91 Å². The van der Waals surface area contributed by atoms with Gasteiger partial charge in [0.15, 0.2) is 5.13 Å². The van der Waals surface area contributed by atoms with Crippen LogP contribution >= 0.6 is 11.3 Å². The van der Waals surface area contributed by atoms with Crippen molar-refractivity contribution in [3.8, 4) is 6.07 Å². The molecule has 0 N–H and O–H groups in total. The first kappa shape index (κ1) is 20.5. The highest BCUT2D eigenvalue weighted by Gasteiger charge is 2.23. The van der Waals surface area contributed by atoms with E-state index in [0.717, 1.165) is 48.6 Å². The number of hydrogen-bond donors (Lipinski definition) is 0. The maximum Gasteiger partial charge on any atom is 0.260 e. The molecule has 1 aliphatic heterocycles. The summed E-state index contributed by atoms with van der Waals surface area (Å²) in [6.45, 7) is 8.65. The van der Waals surface area contributed by atoms with Crippen LogP contribution in [0.3, 0.4) is 0 Å². The number of ether oxygens (including phenoxy) is 1. The minimum Gasteiger partial charge on any atom is -0.379 e. The Balaban J connectivity index is 1.66. The second-order valence-electron chi connectivity index (χ2n) is 7.53. The molecule has 7 heteroatoms. The lowest BCUT2D eigenvalue weighted by Crippen LogP contribution is -2.43. The van der Waals surface area contributed by atoms with Gasteiger partial charge in [0, 0.05) is 31.7 Å². The number of hydrogen-bond acceptors (Lipinski definition) is 6. The minimum absolute atomic E-state index is 0.0961. The predicted molar refractivity (Wildman–Crippen MR) is 119 cm³/mol. The number of morpholine rings is 1. The van der Waals surface area contributed by atoms with Gasteiger partial charge in [-0.2, -0.15) is 5.26 Å². The summed E-state index contributed by atoms with van der Waals surface area (Å²) in [5, 5.41) is 9.75. The summed E-state index contributed by atoms with van der Waals surface area (Å²) in [7, 11) is 0. The van der Waals surface area contributed by atoms with E-state index in [9.17, 15) is 4.79 Å². The number of nitriles is 1. The van der Waals surface area contributed by atoms with Gasteiger partial charge < -0.3 is 4.74 Å². The number of rotatable bonds is 5. The molecule has 1 amide bonds. The van der Waals surface area contributed by atoms with Gasteiger partial charge in [0.1, 0.15) is 0 Å². The molecule has 0 aliphatic carbocycles. The summed E-state index contributed by atoms with van der Waals surface area (Å²) in [5.74, 6) is -0.0961. The average Bonchev–Trinajstić information content (AvgIpc) is 3.18. The van der Waals surface area contributed by atoms with Crippen molar-refractivity contribution in [2.45, 2.75) is 13.8 Å². The molecule has 2 heterocycles. The number of carbonyl (C=O) groups excluding carboxylic acids is 1. The van der Waals surface area contributed by atoms with Crippen molar-refractivity contribution in [1.82, 2.24) is 9.88 Å². The van der Waals surface area contributed by atoms with Crippen LogP contribution < -0.4 is 4.90 Å². The first-order chi connectivity index (χ1) is 14.5. The van der Waals surface area contributed by atoms with Crippen molar-refractivity contribution < 1.29 is 9.53 Å². The van der Waals surface area contributed by atoms with Gasteiger partial charge in [-0.25, -0.2) is 4.98 Å². The van der Waals surface area contributed by atoms with Crippen molar-refractivity contribution in [2.24, 2.45) is 0 Å². The molecule has 0 saturated carbocycles. The lowest BCUT2D eigenvalue weighted by Gasteiger charge is -2.29. The second-order valence-corrected chi connectivity index (χ2v) is 8.50. The van der Waals surface area contributed by atoms with Gasteiger partial charge in [-0.15, -0.1) is 0 Å². The number of fused-ring (bicyclic) bond motifs is 1. The van der Waals surface area contributed by atoms with E-state index < -0.39 is 0 Å². The highest BCUT2D eigenvalue weighted by atomic mass is 32.1. The van der Waals surface area contributed by atoms with Crippen LogP contribution in [0.4, 0.5) is 5.13 Å². The van der Waals surface area contributed by atoms with Crippen LogP contribution in [0, 0.1) is 25.2 Å². The molecule has 1 fully saturated rings. The SMILES string of the molecule is Cc1cc(C)c2sc(N(CCN3CCOCC3)C(=O)c3ccc(C#N)cc3)nc2c1. The van der Waals surface area contributed by atoms with Gasteiger partial charge in [0.25, 0.3) is 5.91 Å². The summed E-state index contributed by atoms with van der Waals surface area (Å²) < 4.78 is 6.55. The first-order valence-corrected chi connectivity index (χ1v) is 10.9. The summed E-state index contributed by atoms with van der Waals surface area (Å²) >= 11 is 1.56. The largest absolute Gasteiger partial charge is 0.379 e. The summed E-state index contributed by atoms with van der Waals surface area (Å²) in [6.07, 6.45) is 0. The van der Waals surface area contributed by atoms with Gasteiger partial charge >= 0.3 is 0 Å². The number of aromatic nitrogens is 1. The Morgan fingerprint density at radius 3 is 2.67 bits per heavy atom. The molecule has 1 aliphatic rings. The zero-order valence-corrected chi connectivity index (χ0v) is 18.0. The topological polar surface area (TPSA) is 69.5 Å². The monoisotopic (exact) mass is 420 g/mol. The number of benzene rings is 2. The van der Waals surface area contributed by atoms with Crippen molar-refractivity contribution in [1.29, 1.82) is 5.26 Å². The van der Waals surface area contributed by atoms with Crippen LogP contribution in [-0.4, -0.2) is 55.2 Å². The fraction of sp³-hybridized carbons (Fsp3) is 0.348. The Labute approximate surface area is 180 Å². The Morgan fingerprint density at radius 2 is 1.97 bits per heavy atom. The fourth-order valence-electron chi connectivity index (χ4n) is 3.67. The van der Waals surface area contributed by atoms with Crippen LogP contribution in [0.5, 0.6) is 0 Å². The number of anilines is 1. The molecule has 6 nitrogen and oxygen atoms in total. The average molecular weight is 421 g/mol. The Hall–Kier alpha value is -2.79. The molecular formula is C23H24N4O2S. The van der Waals surface area contributed by atoms with E-state index in [0.29, 0.717) is 22.8 Å². The van der Waals surface area contributed by atoms with E-state index in [1.165, 1.54) is 5.56 Å². The normalized spacial score (nSPS) is 14.6. The Kier molecular flexibility index (Phi) is 6.09. The van der Waals surface area contributed by atoms with Gasteiger partial charge in [-0.3, -0.25) is 14.6 Å². The zero-order chi connectivity index (χ0) is 21.1. The van der Waals surface area contributed by atoms with E-state index >= 15 is 0 Å². The molecule has 3 aromatic rings. The van der Waals surface area contributed by atoms with Crippen molar-refractivity contribution in [2.75, 3.05) is 44.3 Å². The van der Waals surface area contributed by atoms with E-state index in [1.807, 2.05) is 0 Å². The highest BCUT2D eigenvalue weighted by molar-refractivity contribution is 7.22. The lowest BCUT2D eigenvalue weighted by molar-refractivity contribution is 0.0391. The molecule has 0 radical (unpaired) electrons. The number of amides is 1. The lowest BCUT2D eigenvalue weighted by atomic mass is 10.1. The van der Waals surface area contributed by atoms with E-state index in [2.05, 4.69) is 36.9 Å². The van der Waals surface area contributed by atoms with Gasteiger partial charge in [0.2, 0.25) is 0 Å². The van der Waals surface area contributed by atoms with Crippen LogP contribution in [0.2, 0.25) is 0 Å². The summed E-state index contributed by atoms with van der Waals surface area (Å²) in [6, 6.07) is 13.1. The second kappa shape index (κ2) is 8.92. The number of nitrogens with zero attached hydrogens (tertiary/aromatic N) is 4. The van der Waals surface area contributed by atoms with E-state index in [4.69, 9.17) is 15.0 Å². The molecular weight excluding hydrogens is 396 g/mol. The third-order valence-corrected chi connectivity index (χ3v) is 6.52. The van der Waals surface area contributed by atoms with Gasteiger partial charge in [0.05, 0.1) is 35.1 Å². The first-order valence-electron chi connectivity index (χ1n) is 10.0. The molecule has 4 rings (SSSR count). The quantitative estimate of drug-likeness (QED) is 0.629. The third-order valence-electron chi connectivity index (χ3n) is 5.29. The van der Waals surface area contributed by atoms with Crippen LogP contribution in [0.1, 0.15) is 27.0 Å². The summed E-state index contributed by atoms with van der Waals surface area (Å²) in [5.41, 5.74) is 4.36. The number of carbonyl (C=O) groups is 1. The standard InChI is InChI=1S/C23H24N4O2S/c1-16-13-17(2)21-20(14-16)25-23(30-21)27(8-7-26-9-11-29-12-10-26)22(28)19-5-3-18(15-24)4-6-19/h3-6,13-14H,7-12H2,1-2H3. The molecule has 30 heavy (non-hydrogen) atoms. The molecule has 0 unspecified atom stereocenters. The maximum atomic E-state index is 13.4. The van der Waals surface area contributed by atoms with Crippen LogP contribution in [0.15, 0.2) is 36.4 Å². The Bertz CT molecular complexity index is 1090. The fourth-order valence-corrected chi connectivity index (χ4v) is 4.71. The number of aryl methyl sites for hydroxylation is 2. The molecule has 1 aromatic heterocycles. The maximum absolute atomic E-state index is 13.4. The molecule has 0 spiro atoms. The van der Waals surface area contributed by atoms with Crippen molar-refractivity contribution >= 4 is 32.6 Å². The highest BCUT2D eigenvalue weighted by Crippen LogP contribution is 2.32. The molecule has 0 bridgehead atoms. The molecule has 1 saturated heterocycles. The van der Waals surface area contributed by atoms with Gasteiger partial charge in [-0.05, 0) is 55.3 Å². The third kappa shape index (κ3) is 4.36.